The van der Waals surface area contributed by atoms with Crippen molar-refractivity contribution in [1.82, 2.24) is 9.88 Å². The molecule has 1 saturated heterocycles. The molecule has 0 bridgehead atoms. The highest BCUT2D eigenvalue weighted by Gasteiger charge is 2.35. The number of ether oxygens (including phenoxy) is 1. The summed E-state index contributed by atoms with van der Waals surface area (Å²) in [4.78, 5) is 9.01. The van der Waals surface area contributed by atoms with E-state index in [9.17, 15) is 5.11 Å². The summed E-state index contributed by atoms with van der Waals surface area (Å²) in [6.07, 6.45) is 9.17. The van der Waals surface area contributed by atoms with E-state index in [0.717, 1.165) is 54.3 Å². The Hall–Kier alpha value is -1.57. The Balaban J connectivity index is 1.39. The molecule has 0 spiro atoms. The zero-order valence-corrected chi connectivity index (χ0v) is 22.5. The second kappa shape index (κ2) is 12.1. The van der Waals surface area contributed by atoms with Gasteiger partial charge in [-0.1, -0.05) is 12.8 Å². The van der Waals surface area contributed by atoms with Gasteiger partial charge in [0.2, 0.25) is 0 Å². The summed E-state index contributed by atoms with van der Waals surface area (Å²) >= 11 is 2.14. The van der Waals surface area contributed by atoms with Gasteiger partial charge in [-0.05, 0) is 75.2 Å². The molecule has 2 heterocycles. The molecule has 0 amide bonds. The summed E-state index contributed by atoms with van der Waals surface area (Å²) in [7, 11) is 5.48. The maximum Gasteiger partial charge on any atom is 0.128 e. The standard InChI is InChI=1S/C28H42FN3O2S/c1-31(2)26-19-30-25-9-8-21(34-3)18-23(25)27(26)24(29)10-11-28(20-33)12-14-32(15-13-28)16-17-35-22-6-4-5-7-22/h8-9,18-19,22,24,33H,4-7,10-17,20H2,1-3H3/t24-/m1/s1. The number of aliphatic hydroxyl groups is 1. The average Bonchev–Trinajstić information content (AvgIpc) is 3.40. The van der Waals surface area contributed by atoms with Crippen LogP contribution < -0.4 is 9.64 Å². The van der Waals surface area contributed by atoms with Crippen LogP contribution in [0.25, 0.3) is 10.9 Å². The number of alkyl halides is 1. The second-order valence-electron chi connectivity index (χ2n) is 10.6. The number of thioether (sulfide) groups is 1. The fourth-order valence-electron chi connectivity index (χ4n) is 5.71. The molecule has 2 aromatic rings. The minimum absolute atomic E-state index is 0.135. The molecule has 1 atom stereocenters. The summed E-state index contributed by atoms with van der Waals surface area (Å²) in [5, 5.41) is 12.0. The van der Waals surface area contributed by atoms with Crippen molar-refractivity contribution in [1.29, 1.82) is 0 Å². The molecule has 2 fully saturated rings. The Morgan fingerprint density at radius 1 is 1.26 bits per heavy atom. The van der Waals surface area contributed by atoms with E-state index in [1.165, 1.54) is 31.4 Å². The molecule has 194 valence electrons. The number of hydrogen-bond donors (Lipinski definition) is 1. The monoisotopic (exact) mass is 503 g/mol. The minimum atomic E-state index is -1.13. The van der Waals surface area contributed by atoms with Crippen LogP contribution in [0.15, 0.2) is 24.4 Å². The van der Waals surface area contributed by atoms with Gasteiger partial charge in [0.15, 0.2) is 0 Å². The number of likely N-dealkylation sites (tertiary alicyclic amines) is 1. The fourth-order valence-corrected chi connectivity index (χ4v) is 7.08. The summed E-state index contributed by atoms with van der Waals surface area (Å²) in [6, 6.07) is 5.64. The highest BCUT2D eigenvalue weighted by atomic mass is 32.2. The van der Waals surface area contributed by atoms with E-state index in [-0.39, 0.29) is 12.0 Å². The van der Waals surface area contributed by atoms with E-state index in [2.05, 4.69) is 21.6 Å². The minimum Gasteiger partial charge on any atom is -0.497 e. The first-order chi connectivity index (χ1) is 16.9. The van der Waals surface area contributed by atoms with Gasteiger partial charge in [0.25, 0.3) is 0 Å². The molecule has 1 saturated carbocycles. The molecule has 35 heavy (non-hydrogen) atoms. The Morgan fingerprint density at radius 2 is 2.00 bits per heavy atom. The molecule has 7 heteroatoms. The third-order valence-electron chi connectivity index (χ3n) is 8.13. The number of piperidine rings is 1. The van der Waals surface area contributed by atoms with Gasteiger partial charge in [-0.3, -0.25) is 4.98 Å². The van der Waals surface area contributed by atoms with E-state index >= 15 is 4.39 Å². The van der Waals surface area contributed by atoms with Crippen LogP contribution in [0.3, 0.4) is 0 Å². The lowest BCUT2D eigenvalue weighted by molar-refractivity contribution is 0.0323. The average molecular weight is 504 g/mol. The van der Waals surface area contributed by atoms with Crippen molar-refractivity contribution in [2.24, 2.45) is 5.41 Å². The number of methoxy groups -OCH3 is 1. The Morgan fingerprint density at radius 3 is 2.66 bits per heavy atom. The van der Waals surface area contributed by atoms with Crippen LogP contribution in [0.4, 0.5) is 10.1 Å². The zero-order chi connectivity index (χ0) is 24.8. The predicted molar refractivity (Wildman–Crippen MR) is 146 cm³/mol. The van der Waals surface area contributed by atoms with E-state index in [4.69, 9.17) is 4.74 Å². The summed E-state index contributed by atoms with van der Waals surface area (Å²) < 4.78 is 21.4. The molecule has 2 aliphatic rings. The first-order valence-electron chi connectivity index (χ1n) is 13.2. The number of rotatable bonds is 11. The lowest BCUT2D eigenvalue weighted by Crippen LogP contribution is -2.43. The van der Waals surface area contributed by atoms with E-state index < -0.39 is 6.17 Å². The zero-order valence-electron chi connectivity index (χ0n) is 21.6. The van der Waals surface area contributed by atoms with Gasteiger partial charge in [-0.15, -0.1) is 0 Å². The van der Waals surface area contributed by atoms with Gasteiger partial charge >= 0.3 is 0 Å². The van der Waals surface area contributed by atoms with Crippen LogP contribution in [0.5, 0.6) is 5.75 Å². The Bertz CT molecular complexity index is 959. The molecule has 4 rings (SSSR count). The number of benzene rings is 1. The fraction of sp³-hybridized carbons (Fsp3) is 0.679. The number of halogens is 1. The molecule has 1 aromatic heterocycles. The van der Waals surface area contributed by atoms with Crippen molar-refractivity contribution in [3.63, 3.8) is 0 Å². The molecular weight excluding hydrogens is 461 g/mol. The van der Waals surface area contributed by atoms with E-state index in [1.807, 2.05) is 37.2 Å². The lowest BCUT2D eigenvalue weighted by Gasteiger charge is -2.41. The second-order valence-corrected chi connectivity index (χ2v) is 12.0. The van der Waals surface area contributed by atoms with Crippen LogP contribution in [-0.2, 0) is 0 Å². The molecule has 1 aliphatic heterocycles. The number of aliphatic hydroxyl groups excluding tert-OH is 1. The number of aromatic nitrogens is 1. The third-order valence-corrected chi connectivity index (χ3v) is 9.50. The van der Waals surface area contributed by atoms with Crippen LogP contribution in [0.2, 0.25) is 0 Å². The maximum atomic E-state index is 16.0. The normalized spacial score (nSPS) is 19.8. The van der Waals surface area contributed by atoms with Crippen molar-refractivity contribution in [2.75, 3.05) is 58.1 Å². The van der Waals surface area contributed by atoms with Gasteiger partial charge in [-0.25, -0.2) is 4.39 Å². The van der Waals surface area contributed by atoms with Crippen molar-refractivity contribution >= 4 is 28.4 Å². The maximum absolute atomic E-state index is 16.0. The number of anilines is 1. The van der Waals surface area contributed by atoms with Crippen molar-refractivity contribution < 1.29 is 14.2 Å². The number of nitrogens with zero attached hydrogens (tertiary/aromatic N) is 3. The molecule has 1 aromatic carbocycles. The predicted octanol–water partition coefficient (Wildman–Crippen LogP) is 5.85. The van der Waals surface area contributed by atoms with Crippen LogP contribution in [0, 0.1) is 5.41 Å². The Kier molecular flexibility index (Phi) is 9.17. The van der Waals surface area contributed by atoms with Crippen molar-refractivity contribution in [3.8, 4) is 5.75 Å². The first-order valence-corrected chi connectivity index (χ1v) is 14.2. The lowest BCUT2D eigenvalue weighted by atomic mass is 9.74. The number of hydrogen-bond acceptors (Lipinski definition) is 6. The smallest absolute Gasteiger partial charge is 0.128 e. The van der Waals surface area contributed by atoms with Gasteiger partial charge in [0.1, 0.15) is 11.9 Å². The molecule has 1 aliphatic carbocycles. The van der Waals surface area contributed by atoms with Crippen LogP contribution >= 0.6 is 11.8 Å². The topological polar surface area (TPSA) is 48.8 Å². The van der Waals surface area contributed by atoms with Gasteiger partial charge in [0.05, 0.1) is 24.5 Å². The van der Waals surface area contributed by atoms with Gasteiger partial charge < -0.3 is 19.6 Å². The number of pyridine rings is 1. The van der Waals surface area contributed by atoms with E-state index in [0.29, 0.717) is 24.2 Å². The molecule has 1 N–H and O–H groups in total. The van der Waals surface area contributed by atoms with Gasteiger partial charge in [0, 0.05) is 49.2 Å². The SMILES string of the molecule is COc1ccc2ncc(N(C)C)c([C@H](F)CCC3(CO)CCN(CCSC4CCCC4)CC3)c2c1. The summed E-state index contributed by atoms with van der Waals surface area (Å²) in [5.74, 6) is 1.91. The quantitative estimate of drug-likeness (QED) is 0.415. The molecule has 5 nitrogen and oxygen atoms in total. The number of fused-ring (bicyclic) bond motifs is 1. The van der Waals surface area contributed by atoms with Crippen molar-refractivity contribution in [2.45, 2.75) is 62.8 Å². The third kappa shape index (κ3) is 6.41. The first kappa shape index (κ1) is 26.5. The molecular formula is C28H42FN3O2S. The largest absolute Gasteiger partial charge is 0.497 e. The van der Waals surface area contributed by atoms with Crippen molar-refractivity contribution in [3.05, 3.63) is 30.0 Å². The van der Waals surface area contributed by atoms with Crippen LogP contribution in [-0.4, -0.2) is 73.4 Å². The highest BCUT2D eigenvalue weighted by Crippen LogP contribution is 2.42. The summed E-state index contributed by atoms with van der Waals surface area (Å²) in [6.45, 7) is 3.27. The Labute approximate surface area is 214 Å². The molecule has 0 unspecified atom stereocenters. The van der Waals surface area contributed by atoms with E-state index in [1.54, 1.807) is 13.3 Å². The van der Waals surface area contributed by atoms with Gasteiger partial charge in [-0.2, -0.15) is 11.8 Å². The van der Waals surface area contributed by atoms with Crippen LogP contribution in [0.1, 0.15) is 63.1 Å². The highest BCUT2D eigenvalue weighted by molar-refractivity contribution is 7.99. The molecule has 0 radical (unpaired) electrons. The summed E-state index contributed by atoms with van der Waals surface area (Å²) in [5.41, 5.74) is 2.06.